The lowest BCUT2D eigenvalue weighted by Crippen LogP contribution is -1.97. The Balaban J connectivity index is 1.19. The molecule has 0 spiro atoms. The molecule has 0 fully saturated rings. The summed E-state index contributed by atoms with van der Waals surface area (Å²) < 4.78 is 0. The van der Waals surface area contributed by atoms with E-state index in [2.05, 4.69) is 189 Å². The average molecular weight is 668 g/mol. The van der Waals surface area contributed by atoms with E-state index >= 15 is 0 Å². The smallest absolute Gasteiger partial charge is 0.0320 e. The van der Waals surface area contributed by atoms with Crippen LogP contribution in [0.2, 0.25) is 0 Å². The van der Waals surface area contributed by atoms with Crippen LogP contribution in [0.1, 0.15) is 36.5 Å². The van der Waals surface area contributed by atoms with Gasteiger partial charge < -0.3 is 5.73 Å². The van der Waals surface area contributed by atoms with Gasteiger partial charge in [-0.2, -0.15) is 0 Å². The molecule has 0 atom stereocenters. The molecule has 8 rings (SSSR count). The lowest BCUT2D eigenvalue weighted by atomic mass is 9.86. The van der Waals surface area contributed by atoms with Crippen LogP contribution in [0, 0.1) is 0 Å². The van der Waals surface area contributed by atoms with E-state index in [4.69, 9.17) is 5.73 Å². The second-order valence-corrected chi connectivity index (χ2v) is 13.6. The standard InChI is InChI=1S/C51H41N/c1-36-26-27-44(43-23-13-25-50(52)34-43)30-49(39-18-9-4-10-19-39)35-51(36)45-24-12-21-41(29-45)40-20-11-22-42(28-40)48-32-46(37-14-5-2-6-15-37)31-47(33-48)38-16-7-3-8-17-38/h2-25,28-35H,26-27,52H2,1H3/b44-30+,49-35+,51-36+. The van der Waals surface area contributed by atoms with Crippen molar-refractivity contribution in [3.8, 4) is 44.5 Å². The Labute approximate surface area is 307 Å². The first-order valence-electron chi connectivity index (χ1n) is 18.1. The maximum absolute atomic E-state index is 6.22. The third-order valence-electron chi connectivity index (χ3n) is 10.1. The molecule has 1 heteroatoms. The van der Waals surface area contributed by atoms with E-state index in [0.29, 0.717) is 0 Å². The van der Waals surface area contributed by atoms with Crippen LogP contribution in [-0.2, 0) is 0 Å². The normalized spacial score (nSPS) is 16.6. The molecule has 250 valence electrons. The van der Waals surface area contributed by atoms with E-state index in [1.165, 1.54) is 83.5 Å². The Morgan fingerprint density at radius 2 is 0.769 bits per heavy atom. The summed E-state index contributed by atoms with van der Waals surface area (Å²) in [5.74, 6) is 0. The maximum atomic E-state index is 6.22. The van der Waals surface area contributed by atoms with E-state index in [1.54, 1.807) is 0 Å². The molecule has 1 aliphatic carbocycles. The molecule has 0 saturated heterocycles. The summed E-state index contributed by atoms with van der Waals surface area (Å²) in [5, 5.41) is 0. The fraction of sp³-hybridized carbons (Fsp3) is 0.0588. The van der Waals surface area contributed by atoms with Crippen molar-refractivity contribution in [2.75, 3.05) is 5.73 Å². The number of anilines is 1. The van der Waals surface area contributed by atoms with E-state index in [0.717, 1.165) is 18.5 Å². The van der Waals surface area contributed by atoms with Gasteiger partial charge >= 0.3 is 0 Å². The molecule has 2 N–H and O–H groups in total. The molecule has 1 nitrogen and oxygen atoms in total. The molecule has 52 heavy (non-hydrogen) atoms. The highest BCUT2D eigenvalue weighted by Gasteiger charge is 2.15. The highest BCUT2D eigenvalue weighted by atomic mass is 14.5. The largest absolute Gasteiger partial charge is 0.399 e. The van der Waals surface area contributed by atoms with Gasteiger partial charge in [-0.1, -0.05) is 151 Å². The summed E-state index contributed by atoms with van der Waals surface area (Å²) >= 11 is 0. The van der Waals surface area contributed by atoms with E-state index in [1.807, 2.05) is 12.1 Å². The number of hydrogen-bond acceptors (Lipinski definition) is 1. The number of benzene rings is 7. The van der Waals surface area contributed by atoms with Crippen molar-refractivity contribution in [3.05, 3.63) is 216 Å². The summed E-state index contributed by atoms with van der Waals surface area (Å²) in [5.41, 5.74) is 25.4. The van der Waals surface area contributed by atoms with E-state index < -0.39 is 0 Å². The molecule has 0 heterocycles. The molecule has 0 radical (unpaired) electrons. The lowest BCUT2D eigenvalue weighted by Gasteiger charge is -2.19. The third kappa shape index (κ3) is 7.22. The number of rotatable bonds is 7. The molecule has 0 amide bonds. The molecule has 0 saturated carbocycles. The molecule has 0 aliphatic heterocycles. The molecule has 0 unspecified atom stereocenters. The van der Waals surface area contributed by atoms with Crippen molar-refractivity contribution in [2.24, 2.45) is 0 Å². The first kappa shape index (κ1) is 32.7. The second kappa shape index (κ2) is 14.8. The Kier molecular flexibility index (Phi) is 9.33. The summed E-state index contributed by atoms with van der Waals surface area (Å²) in [6.07, 6.45) is 6.65. The third-order valence-corrected chi connectivity index (χ3v) is 10.1. The SMILES string of the molecule is C/C1=C(c2cccc(-c3cccc(-c4cc(-c5ccccc5)cc(-c5ccccc5)c4)c3)c2)/C=C(c2ccccc2)\C=C(\c2cccc(N)c2)CC1. The van der Waals surface area contributed by atoms with Gasteiger partial charge in [0.2, 0.25) is 0 Å². The van der Waals surface area contributed by atoms with Gasteiger partial charge in [0.15, 0.2) is 0 Å². The van der Waals surface area contributed by atoms with Gasteiger partial charge in [0, 0.05) is 5.69 Å². The summed E-state index contributed by atoms with van der Waals surface area (Å²) in [4.78, 5) is 0. The number of allylic oxidation sites excluding steroid dienone is 6. The molecule has 1 aliphatic rings. The minimum atomic E-state index is 0.792. The fourth-order valence-electron chi connectivity index (χ4n) is 7.26. The van der Waals surface area contributed by atoms with Crippen molar-refractivity contribution in [3.63, 3.8) is 0 Å². The topological polar surface area (TPSA) is 26.0 Å². The fourth-order valence-corrected chi connectivity index (χ4v) is 7.26. The molecule has 0 bridgehead atoms. The first-order valence-corrected chi connectivity index (χ1v) is 18.1. The summed E-state index contributed by atoms with van der Waals surface area (Å²) in [7, 11) is 0. The van der Waals surface area contributed by atoms with Crippen molar-refractivity contribution >= 4 is 22.4 Å². The van der Waals surface area contributed by atoms with Crippen LogP contribution in [0.25, 0.3) is 61.2 Å². The quantitative estimate of drug-likeness (QED) is 0.168. The minimum absolute atomic E-state index is 0.792. The van der Waals surface area contributed by atoms with Crippen LogP contribution < -0.4 is 5.73 Å². The zero-order valence-corrected chi connectivity index (χ0v) is 29.5. The van der Waals surface area contributed by atoms with E-state index in [9.17, 15) is 0 Å². The van der Waals surface area contributed by atoms with Crippen molar-refractivity contribution < 1.29 is 0 Å². The second-order valence-electron chi connectivity index (χ2n) is 13.6. The van der Waals surface area contributed by atoms with E-state index in [-0.39, 0.29) is 0 Å². The van der Waals surface area contributed by atoms with Gasteiger partial charge in [-0.15, -0.1) is 0 Å². The van der Waals surface area contributed by atoms with Crippen LogP contribution >= 0.6 is 0 Å². The zero-order chi connectivity index (χ0) is 35.3. The van der Waals surface area contributed by atoms with Gasteiger partial charge in [0.25, 0.3) is 0 Å². The molecule has 0 aromatic heterocycles. The Bertz CT molecular complexity index is 2390. The van der Waals surface area contributed by atoms with Crippen molar-refractivity contribution in [1.29, 1.82) is 0 Å². The number of nitrogens with two attached hydrogens (primary N) is 1. The predicted molar refractivity (Wildman–Crippen MR) is 223 cm³/mol. The van der Waals surface area contributed by atoms with Gasteiger partial charge in [0.1, 0.15) is 0 Å². The van der Waals surface area contributed by atoms with Gasteiger partial charge in [0.05, 0.1) is 0 Å². The molecular formula is C51H41N. The van der Waals surface area contributed by atoms with Crippen molar-refractivity contribution in [1.82, 2.24) is 0 Å². The Morgan fingerprint density at radius 3 is 1.35 bits per heavy atom. The predicted octanol–water partition coefficient (Wildman–Crippen LogP) is 13.7. The molecular weight excluding hydrogens is 627 g/mol. The number of nitrogen functional groups attached to an aromatic ring is 1. The maximum Gasteiger partial charge on any atom is 0.0320 e. The minimum Gasteiger partial charge on any atom is -0.399 e. The summed E-state index contributed by atoms with van der Waals surface area (Å²) in [6, 6.07) is 65.3. The average Bonchev–Trinajstić information content (AvgIpc) is 3.20. The monoisotopic (exact) mass is 667 g/mol. The Hall–Kier alpha value is -6.44. The van der Waals surface area contributed by atoms with Crippen molar-refractivity contribution in [2.45, 2.75) is 19.8 Å². The van der Waals surface area contributed by atoms with Gasteiger partial charge in [-0.05, 0) is 146 Å². The molecule has 7 aromatic rings. The lowest BCUT2D eigenvalue weighted by molar-refractivity contribution is 0.994. The molecule has 7 aromatic carbocycles. The first-order chi connectivity index (χ1) is 25.6. The van der Waals surface area contributed by atoms with Crippen LogP contribution in [0.3, 0.4) is 0 Å². The van der Waals surface area contributed by atoms with Crippen LogP contribution in [-0.4, -0.2) is 0 Å². The highest BCUT2D eigenvalue weighted by Crippen LogP contribution is 2.38. The summed E-state index contributed by atoms with van der Waals surface area (Å²) in [6.45, 7) is 2.29. The van der Waals surface area contributed by atoms with Crippen LogP contribution in [0.4, 0.5) is 5.69 Å². The van der Waals surface area contributed by atoms with Crippen LogP contribution in [0.5, 0.6) is 0 Å². The van der Waals surface area contributed by atoms with Gasteiger partial charge in [-0.3, -0.25) is 0 Å². The highest BCUT2D eigenvalue weighted by molar-refractivity contribution is 5.94. The van der Waals surface area contributed by atoms with Gasteiger partial charge in [-0.25, -0.2) is 0 Å². The zero-order valence-electron chi connectivity index (χ0n) is 29.5. The number of hydrogen-bond donors (Lipinski definition) is 1. The van der Waals surface area contributed by atoms with Crippen LogP contribution in [0.15, 0.2) is 200 Å². The Morgan fingerprint density at radius 1 is 0.346 bits per heavy atom.